The van der Waals surface area contributed by atoms with Crippen LogP contribution >= 0.6 is 0 Å². The average molecular weight is 358 g/mol. The lowest BCUT2D eigenvalue weighted by atomic mass is 9.90. The monoisotopic (exact) mass is 358 g/mol. The normalized spacial score (nSPS) is 13.2. The molecule has 0 saturated heterocycles. The second-order valence-electron chi connectivity index (χ2n) is 7.13. The van der Waals surface area contributed by atoms with Crippen molar-refractivity contribution < 1.29 is 4.79 Å². The summed E-state index contributed by atoms with van der Waals surface area (Å²) < 4.78 is 1.36. The number of carbonyl (C=O) groups is 1. The second-order valence-corrected chi connectivity index (χ2v) is 7.13. The molecule has 0 radical (unpaired) electrons. The van der Waals surface area contributed by atoms with Crippen LogP contribution in [0.4, 0.5) is 0 Å². The molecular weight excluding hydrogens is 336 g/mol. The fraction of sp³-hybridized carbons (Fsp3) is 0.261. The number of Topliss-reactive ketones (excluding diaryl/α,β-unsaturated/α-hetero) is 1. The SMILES string of the molecule is Cc1ccc(C(=O)Cn2nc(-c3ccccc3)c3c(c2=O)CCCC3)cc1. The van der Waals surface area contributed by atoms with Crippen molar-refractivity contribution in [2.24, 2.45) is 0 Å². The topological polar surface area (TPSA) is 52.0 Å². The summed E-state index contributed by atoms with van der Waals surface area (Å²) in [5, 5.41) is 4.62. The highest BCUT2D eigenvalue weighted by molar-refractivity contribution is 5.95. The standard InChI is InChI=1S/C23H22N2O2/c1-16-11-13-17(14-12-16)21(26)15-25-23(27)20-10-6-5-9-19(20)22(24-25)18-7-3-2-4-8-18/h2-4,7-8,11-14H,5-6,9-10,15H2,1H3. The molecule has 1 aliphatic rings. The number of aromatic nitrogens is 2. The third kappa shape index (κ3) is 3.47. The van der Waals surface area contributed by atoms with Gasteiger partial charge in [0.2, 0.25) is 0 Å². The number of ketones is 1. The van der Waals surface area contributed by atoms with Gasteiger partial charge in [0.1, 0.15) is 6.54 Å². The molecule has 0 saturated carbocycles. The zero-order chi connectivity index (χ0) is 18.8. The Labute approximate surface area is 158 Å². The van der Waals surface area contributed by atoms with E-state index < -0.39 is 0 Å². The van der Waals surface area contributed by atoms with Crippen LogP contribution in [0.2, 0.25) is 0 Å². The summed E-state index contributed by atoms with van der Waals surface area (Å²) in [5.41, 5.74) is 5.29. The molecule has 0 atom stereocenters. The summed E-state index contributed by atoms with van der Waals surface area (Å²) in [6.07, 6.45) is 3.70. The van der Waals surface area contributed by atoms with Gasteiger partial charge in [-0.15, -0.1) is 0 Å². The number of rotatable bonds is 4. The molecular formula is C23H22N2O2. The van der Waals surface area contributed by atoms with Gasteiger partial charge in [-0.25, -0.2) is 4.68 Å². The lowest BCUT2D eigenvalue weighted by molar-refractivity contribution is 0.0965. The first-order valence-electron chi connectivity index (χ1n) is 9.41. The maximum Gasteiger partial charge on any atom is 0.270 e. The molecule has 2 aromatic carbocycles. The van der Waals surface area contributed by atoms with Crippen LogP contribution in [0.25, 0.3) is 11.3 Å². The van der Waals surface area contributed by atoms with E-state index in [2.05, 4.69) is 5.10 Å². The highest BCUT2D eigenvalue weighted by Crippen LogP contribution is 2.27. The van der Waals surface area contributed by atoms with Gasteiger partial charge in [-0.1, -0.05) is 60.2 Å². The summed E-state index contributed by atoms with van der Waals surface area (Å²) in [5.74, 6) is -0.0978. The van der Waals surface area contributed by atoms with E-state index in [9.17, 15) is 9.59 Å². The van der Waals surface area contributed by atoms with Crippen LogP contribution in [0.1, 0.15) is 39.9 Å². The molecule has 3 aromatic rings. The van der Waals surface area contributed by atoms with Gasteiger partial charge in [0, 0.05) is 16.7 Å². The van der Waals surface area contributed by atoms with E-state index in [1.165, 1.54) is 4.68 Å². The molecule has 0 aliphatic heterocycles. The summed E-state index contributed by atoms with van der Waals surface area (Å²) in [4.78, 5) is 25.7. The molecule has 4 heteroatoms. The predicted molar refractivity (Wildman–Crippen MR) is 106 cm³/mol. The molecule has 0 spiro atoms. The fourth-order valence-electron chi connectivity index (χ4n) is 3.69. The molecule has 1 heterocycles. The van der Waals surface area contributed by atoms with Gasteiger partial charge in [-0.05, 0) is 38.2 Å². The number of benzene rings is 2. The van der Waals surface area contributed by atoms with Crippen molar-refractivity contribution in [2.75, 3.05) is 0 Å². The van der Waals surface area contributed by atoms with Gasteiger partial charge in [-0.3, -0.25) is 9.59 Å². The van der Waals surface area contributed by atoms with E-state index in [0.29, 0.717) is 5.56 Å². The summed E-state index contributed by atoms with van der Waals surface area (Å²) in [6, 6.07) is 17.3. The zero-order valence-corrected chi connectivity index (χ0v) is 15.4. The number of carbonyl (C=O) groups excluding carboxylic acids is 1. The summed E-state index contributed by atoms with van der Waals surface area (Å²) >= 11 is 0. The van der Waals surface area contributed by atoms with Crippen LogP contribution in [-0.2, 0) is 19.4 Å². The lowest BCUT2D eigenvalue weighted by Crippen LogP contribution is -2.32. The van der Waals surface area contributed by atoms with Crippen molar-refractivity contribution in [3.05, 3.63) is 87.2 Å². The van der Waals surface area contributed by atoms with Crippen LogP contribution in [0.5, 0.6) is 0 Å². The Balaban J connectivity index is 1.78. The molecule has 0 unspecified atom stereocenters. The minimum absolute atomic E-state index is 0.0327. The molecule has 1 aliphatic carbocycles. The Morgan fingerprint density at radius 2 is 1.63 bits per heavy atom. The van der Waals surface area contributed by atoms with Crippen LogP contribution in [0, 0.1) is 6.92 Å². The fourth-order valence-corrected chi connectivity index (χ4v) is 3.69. The van der Waals surface area contributed by atoms with Gasteiger partial charge < -0.3 is 0 Å². The molecule has 0 amide bonds. The average Bonchev–Trinajstić information content (AvgIpc) is 2.71. The number of nitrogens with zero attached hydrogens (tertiary/aromatic N) is 2. The molecule has 1 aromatic heterocycles. The Bertz CT molecular complexity index is 1030. The van der Waals surface area contributed by atoms with Crippen LogP contribution in [0.15, 0.2) is 59.4 Å². The van der Waals surface area contributed by atoms with Crippen molar-refractivity contribution in [1.82, 2.24) is 9.78 Å². The van der Waals surface area contributed by atoms with E-state index in [1.807, 2.05) is 49.4 Å². The maximum atomic E-state index is 13.0. The molecule has 136 valence electrons. The predicted octanol–water partition coefficient (Wildman–Crippen LogP) is 3.98. The highest BCUT2D eigenvalue weighted by Gasteiger charge is 2.22. The third-order valence-corrected chi connectivity index (χ3v) is 5.18. The Morgan fingerprint density at radius 1 is 0.963 bits per heavy atom. The summed E-state index contributed by atoms with van der Waals surface area (Å²) in [7, 11) is 0. The number of hydrogen-bond acceptors (Lipinski definition) is 3. The van der Waals surface area contributed by atoms with Crippen molar-refractivity contribution >= 4 is 5.78 Å². The maximum absolute atomic E-state index is 13.0. The molecule has 0 fully saturated rings. The van der Waals surface area contributed by atoms with Crippen molar-refractivity contribution in [3.8, 4) is 11.3 Å². The van der Waals surface area contributed by atoms with Gasteiger partial charge in [0.15, 0.2) is 5.78 Å². The van der Waals surface area contributed by atoms with Crippen LogP contribution in [-0.4, -0.2) is 15.6 Å². The highest BCUT2D eigenvalue weighted by atomic mass is 16.1. The smallest absolute Gasteiger partial charge is 0.270 e. The largest absolute Gasteiger partial charge is 0.292 e. The van der Waals surface area contributed by atoms with Gasteiger partial charge in [-0.2, -0.15) is 5.10 Å². The van der Waals surface area contributed by atoms with Crippen molar-refractivity contribution in [1.29, 1.82) is 0 Å². The minimum atomic E-state index is -0.121. The lowest BCUT2D eigenvalue weighted by Gasteiger charge is -2.20. The van der Waals surface area contributed by atoms with Crippen LogP contribution < -0.4 is 5.56 Å². The molecule has 4 rings (SSSR count). The molecule has 0 bridgehead atoms. The summed E-state index contributed by atoms with van der Waals surface area (Å²) in [6.45, 7) is 1.95. The van der Waals surface area contributed by atoms with Crippen LogP contribution in [0.3, 0.4) is 0 Å². The number of fused-ring (bicyclic) bond motifs is 1. The van der Waals surface area contributed by atoms with Gasteiger partial charge in [0.05, 0.1) is 5.69 Å². The first-order valence-corrected chi connectivity index (χ1v) is 9.41. The molecule has 4 nitrogen and oxygen atoms in total. The quantitative estimate of drug-likeness (QED) is 0.663. The van der Waals surface area contributed by atoms with Gasteiger partial charge >= 0.3 is 0 Å². The van der Waals surface area contributed by atoms with E-state index in [4.69, 9.17) is 0 Å². The Hall–Kier alpha value is -3.01. The molecule has 0 N–H and O–H groups in total. The first-order chi connectivity index (χ1) is 13.1. The van der Waals surface area contributed by atoms with E-state index >= 15 is 0 Å². The van der Waals surface area contributed by atoms with Crippen molar-refractivity contribution in [3.63, 3.8) is 0 Å². The minimum Gasteiger partial charge on any atom is -0.292 e. The first kappa shape index (κ1) is 17.4. The van der Waals surface area contributed by atoms with E-state index in [-0.39, 0.29) is 17.9 Å². The Morgan fingerprint density at radius 3 is 2.33 bits per heavy atom. The van der Waals surface area contributed by atoms with Crippen molar-refractivity contribution in [2.45, 2.75) is 39.2 Å². The number of hydrogen-bond donors (Lipinski definition) is 0. The third-order valence-electron chi connectivity index (χ3n) is 5.18. The van der Waals surface area contributed by atoms with E-state index in [0.717, 1.165) is 53.6 Å². The van der Waals surface area contributed by atoms with E-state index in [1.54, 1.807) is 12.1 Å². The Kier molecular flexibility index (Phi) is 4.71. The number of aryl methyl sites for hydroxylation is 1. The molecule has 27 heavy (non-hydrogen) atoms. The zero-order valence-electron chi connectivity index (χ0n) is 15.4. The second kappa shape index (κ2) is 7.31. The van der Waals surface area contributed by atoms with Gasteiger partial charge in [0.25, 0.3) is 5.56 Å².